The minimum Gasteiger partial charge on any atom is -0.467 e. The van der Waals surface area contributed by atoms with E-state index < -0.39 is 5.92 Å². The van der Waals surface area contributed by atoms with Crippen molar-refractivity contribution >= 4 is 33.4 Å². The summed E-state index contributed by atoms with van der Waals surface area (Å²) in [6.07, 6.45) is 2.77. The summed E-state index contributed by atoms with van der Waals surface area (Å²) >= 11 is 1.33. The fourth-order valence-electron chi connectivity index (χ4n) is 3.51. The number of hydrogen-bond acceptors (Lipinski definition) is 5. The number of likely N-dealkylation sites (tertiary alicyclic amines) is 1. The number of amides is 2. The minimum absolute atomic E-state index is 0.0529. The van der Waals surface area contributed by atoms with Crippen LogP contribution >= 0.6 is 11.3 Å². The number of aromatic nitrogens is 1. The average Bonchev–Trinajstić information content (AvgIpc) is 3.06. The third kappa shape index (κ3) is 3.38. The molecule has 138 valence electrons. The van der Waals surface area contributed by atoms with Crippen LogP contribution in [0.4, 0.5) is 4.39 Å². The van der Waals surface area contributed by atoms with Crippen molar-refractivity contribution in [1.82, 2.24) is 15.2 Å². The van der Waals surface area contributed by atoms with Gasteiger partial charge in [0.15, 0.2) is 0 Å². The maximum Gasteiger partial charge on any atom is 0.274 e. The lowest BCUT2D eigenvalue weighted by molar-refractivity contribution is -0.144. The van der Waals surface area contributed by atoms with E-state index in [9.17, 15) is 14.0 Å². The predicted octanol–water partition coefficient (Wildman–Crippen LogP) is 2.33. The van der Waals surface area contributed by atoms with Crippen LogP contribution in [-0.2, 0) is 9.59 Å². The van der Waals surface area contributed by atoms with Gasteiger partial charge in [-0.1, -0.05) is 17.4 Å². The number of hydrogen-bond donors (Lipinski definition) is 1. The second kappa shape index (κ2) is 7.19. The first-order valence-electron chi connectivity index (χ1n) is 8.90. The van der Waals surface area contributed by atoms with Crippen molar-refractivity contribution in [3.63, 3.8) is 0 Å². The van der Waals surface area contributed by atoms with E-state index >= 15 is 0 Å². The lowest BCUT2D eigenvalue weighted by atomic mass is 9.95. The largest absolute Gasteiger partial charge is 0.467 e. The normalized spacial score (nSPS) is 21.7. The summed E-state index contributed by atoms with van der Waals surface area (Å²) < 4.78 is 20.4. The van der Waals surface area contributed by atoms with E-state index in [1.54, 1.807) is 11.0 Å². The number of piperidine rings is 2. The van der Waals surface area contributed by atoms with Gasteiger partial charge in [-0.15, -0.1) is 0 Å². The number of para-hydroxylation sites is 1. The first-order chi connectivity index (χ1) is 12.6. The molecule has 1 unspecified atom stereocenters. The molecule has 4 rings (SSSR count). The van der Waals surface area contributed by atoms with Gasteiger partial charge in [-0.3, -0.25) is 9.59 Å². The molecular weight excluding hydrogens is 357 g/mol. The molecule has 2 aliphatic heterocycles. The van der Waals surface area contributed by atoms with Gasteiger partial charge in [-0.25, -0.2) is 4.39 Å². The first kappa shape index (κ1) is 17.2. The smallest absolute Gasteiger partial charge is 0.274 e. The van der Waals surface area contributed by atoms with Crippen LogP contribution in [0.3, 0.4) is 0 Å². The third-order valence-electron chi connectivity index (χ3n) is 4.95. The SMILES string of the molecule is O=C1NCCCC1C(=O)N1CCC(Oc2nc3c(F)cccc3s2)CC1. The van der Waals surface area contributed by atoms with Gasteiger partial charge < -0.3 is 15.0 Å². The molecule has 0 radical (unpaired) electrons. The molecule has 3 heterocycles. The standard InChI is InChI=1S/C18H20FN3O3S/c19-13-4-1-5-14-15(13)21-18(26-14)25-11-6-9-22(10-7-11)17(24)12-3-2-8-20-16(12)23/h1,4-5,11-12H,2-3,6-10H2,(H,20,23). The Morgan fingerprint density at radius 1 is 1.31 bits per heavy atom. The number of fused-ring (bicyclic) bond motifs is 1. The summed E-state index contributed by atoms with van der Waals surface area (Å²) in [7, 11) is 0. The molecular formula is C18H20FN3O3S. The molecule has 6 nitrogen and oxygen atoms in total. The van der Waals surface area contributed by atoms with Gasteiger partial charge in [0.2, 0.25) is 11.8 Å². The highest BCUT2D eigenvalue weighted by atomic mass is 32.1. The number of thiazole rings is 1. The number of carbonyl (C=O) groups excluding carboxylic acids is 2. The van der Waals surface area contributed by atoms with Gasteiger partial charge in [0.05, 0.1) is 4.70 Å². The predicted molar refractivity (Wildman–Crippen MR) is 95.5 cm³/mol. The van der Waals surface area contributed by atoms with Crippen molar-refractivity contribution in [2.24, 2.45) is 5.92 Å². The van der Waals surface area contributed by atoms with Crippen molar-refractivity contribution in [2.75, 3.05) is 19.6 Å². The molecule has 2 aromatic rings. The second-order valence-corrected chi connectivity index (χ2v) is 7.69. The van der Waals surface area contributed by atoms with Gasteiger partial charge in [0, 0.05) is 32.5 Å². The number of halogens is 1. The van der Waals surface area contributed by atoms with Crippen LogP contribution in [-0.4, -0.2) is 47.4 Å². The van der Waals surface area contributed by atoms with Crippen LogP contribution in [0.1, 0.15) is 25.7 Å². The summed E-state index contributed by atoms with van der Waals surface area (Å²) in [4.78, 5) is 30.4. The molecule has 0 saturated carbocycles. The lowest BCUT2D eigenvalue weighted by Crippen LogP contribution is -2.49. The van der Waals surface area contributed by atoms with E-state index in [1.807, 2.05) is 6.07 Å². The highest BCUT2D eigenvalue weighted by Gasteiger charge is 2.34. The molecule has 0 bridgehead atoms. The topological polar surface area (TPSA) is 71.5 Å². The number of rotatable bonds is 3. The minimum atomic E-state index is -0.548. The van der Waals surface area contributed by atoms with Gasteiger partial charge >= 0.3 is 0 Å². The Morgan fingerprint density at radius 3 is 2.85 bits per heavy atom. The van der Waals surface area contributed by atoms with Gasteiger partial charge in [0.25, 0.3) is 5.19 Å². The van der Waals surface area contributed by atoms with Gasteiger partial charge in [0.1, 0.15) is 23.4 Å². The highest BCUT2D eigenvalue weighted by Crippen LogP contribution is 2.31. The fourth-order valence-corrected chi connectivity index (χ4v) is 4.41. The van der Waals surface area contributed by atoms with Crippen LogP contribution in [0.15, 0.2) is 18.2 Å². The number of nitrogens with one attached hydrogen (secondary N) is 1. The summed E-state index contributed by atoms with van der Waals surface area (Å²) in [5, 5.41) is 3.22. The molecule has 2 amide bonds. The number of nitrogens with zero attached hydrogens (tertiary/aromatic N) is 2. The summed E-state index contributed by atoms with van der Waals surface area (Å²) in [5.74, 6) is -1.13. The Bertz CT molecular complexity index is 832. The third-order valence-corrected chi connectivity index (χ3v) is 5.87. The molecule has 1 atom stereocenters. The number of carbonyl (C=O) groups is 2. The molecule has 0 spiro atoms. The highest BCUT2D eigenvalue weighted by molar-refractivity contribution is 7.20. The monoisotopic (exact) mass is 377 g/mol. The summed E-state index contributed by atoms with van der Waals surface area (Å²) in [6.45, 7) is 1.78. The van der Waals surface area contributed by atoms with E-state index in [1.165, 1.54) is 17.4 Å². The van der Waals surface area contributed by atoms with E-state index in [2.05, 4.69) is 10.3 Å². The Hall–Kier alpha value is -2.22. The molecule has 2 fully saturated rings. The van der Waals surface area contributed by atoms with Crippen LogP contribution in [0.5, 0.6) is 5.19 Å². The molecule has 1 N–H and O–H groups in total. The molecule has 2 saturated heterocycles. The molecule has 2 aliphatic rings. The zero-order valence-corrected chi connectivity index (χ0v) is 15.1. The lowest BCUT2D eigenvalue weighted by Gasteiger charge is -2.34. The van der Waals surface area contributed by atoms with Crippen molar-refractivity contribution in [3.05, 3.63) is 24.0 Å². The van der Waals surface area contributed by atoms with E-state index in [-0.39, 0.29) is 23.7 Å². The van der Waals surface area contributed by atoms with Crippen molar-refractivity contribution in [1.29, 1.82) is 0 Å². The van der Waals surface area contributed by atoms with E-state index in [0.29, 0.717) is 49.6 Å². The quantitative estimate of drug-likeness (QED) is 0.834. The van der Waals surface area contributed by atoms with Gasteiger partial charge in [-0.05, 0) is 25.0 Å². The molecule has 8 heteroatoms. The zero-order chi connectivity index (χ0) is 18.1. The van der Waals surface area contributed by atoms with E-state index in [0.717, 1.165) is 11.1 Å². The van der Waals surface area contributed by atoms with Crippen molar-refractivity contribution in [2.45, 2.75) is 31.8 Å². The van der Waals surface area contributed by atoms with Crippen molar-refractivity contribution in [3.8, 4) is 5.19 Å². The number of ether oxygens (including phenoxy) is 1. The summed E-state index contributed by atoms with van der Waals surface area (Å²) in [6, 6.07) is 4.86. The second-order valence-electron chi connectivity index (χ2n) is 6.69. The van der Waals surface area contributed by atoms with Crippen LogP contribution in [0.2, 0.25) is 0 Å². The van der Waals surface area contributed by atoms with E-state index in [4.69, 9.17) is 4.74 Å². The molecule has 0 aliphatic carbocycles. The Morgan fingerprint density at radius 2 is 2.12 bits per heavy atom. The first-order valence-corrected chi connectivity index (χ1v) is 9.71. The number of benzene rings is 1. The zero-order valence-electron chi connectivity index (χ0n) is 14.2. The maximum absolute atomic E-state index is 13.7. The van der Waals surface area contributed by atoms with Crippen molar-refractivity contribution < 1.29 is 18.7 Å². The molecule has 1 aromatic carbocycles. The molecule has 26 heavy (non-hydrogen) atoms. The Labute approximate surface area is 154 Å². The molecule has 1 aromatic heterocycles. The summed E-state index contributed by atoms with van der Waals surface area (Å²) in [5.41, 5.74) is 0.337. The Balaban J connectivity index is 1.35. The fraction of sp³-hybridized carbons (Fsp3) is 0.500. The average molecular weight is 377 g/mol. The maximum atomic E-state index is 13.7. The van der Waals surface area contributed by atoms with Crippen LogP contribution in [0, 0.1) is 11.7 Å². The van der Waals surface area contributed by atoms with Gasteiger partial charge in [-0.2, -0.15) is 4.98 Å². The van der Waals surface area contributed by atoms with Crippen LogP contribution in [0.25, 0.3) is 10.2 Å². The Kier molecular flexibility index (Phi) is 4.76. The van der Waals surface area contributed by atoms with Crippen LogP contribution < -0.4 is 10.1 Å².